The number of ketones is 1. The Morgan fingerprint density at radius 1 is 1.23 bits per heavy atom. The predicted molar refractivity (Wildman–Crippen MR) is 52.5 cm³/mol. The maximum atomic E-state index is 11.1. The molecule has 1 nitrogen and oxygen atoms in total. The van der Waals surface area contributed by atoms with Crippen LogP contribution in [0.5, 0.6) is 0 Å². The normalized spacial score (nSPS) is 21.2. The van der Waals surface area contributed by atoms with Gasteiger partial charge in [-0.3, -0.25) is 4.79 Å². The zero-order valence-corrected chi connectivity index (χ0v) is 7.70. The van der Waals surface area contributed by atoms with Crippen LogP contribution in [-0.4, -0.2) is 5.78 Å². The smallest absolute Gasteiger partial charge is 0.136 e. The van der Waals surface area contributed by atoms with E-state index in [1.54, 1.807) is 0 Å². The summed E-state index contributed by atoms with van der Waals surface area (Å²) < 4.78 is 0. The molecule has 0 amide bonds. The van der Waals surface area contributed by atoms with Crippen LogP contribution < -0.4 is 0 Å². The van der Waals surface area contributed by atoms with Crippen LogP contribution in [0.3, 0.4) is 0 Å². The number of rotatable bonds is 3. The van der Waals surface area contributed by atoms with Gasteiger partial charge in [-0.05, 0) is 24.8 Å². The third-order valence-corrected chi connectivity index (χ3v) is 2.82. The van der Waals surface area contributed by atoms with Crippen molar-refractivity contribution in [2.75, 3.05) is 0 Å². The fourth-order valence-corrected chi connectivity index (χ4v) is 1.76. The van der Waals surface area contributed by atoms with E-state index in [9.17, 15) is 4.79 Å². The Morgan fingerprint density at radius 3 is 2.54 bits per heavy atom. The molecule has 1 heteroatoms. The first kappa shape index (κ1) is 8.49. The fourth-order valence-electron chi connectivity index (χ4n) is 1.76. The number of Topliss-reactive ketones (excluding diaryl/α,β-unsaturated/α-hetero) is 1. The van der Waals surface area contributed by atoms with Crippen molar-refractivity contribution < 1.29 is 4.79 Å². The number of aryl methyl sites for hydroxylation is 1. The lowest BCUT2D eigenvalue weighted by Crippen LogP contribution is -2.25. The lowest BCUT2D eigenvalue weighted by atomic mass is 9.80. The standard InChI is InChI=1S/C12H14O/c13-12-9-8-11(12)7-6-10-4-2-1-3-5-10/h1-5,11H,6-9H2/t11-/m1/s1. The molecule has 1 aromatic carbocycles. The zero-order chi connectivity index (χ0) is 9.10. The second-order valence-electron chi connectivity index (χ2n) is 3.73. The van der Waals surface area contributed by atoms with Crippen LogP contribution in [0.15, 0.2) is 30.3 Å². The van der Waals surface area contributed by atoms with E-state index >= 15 is 0 Å². The molecule has 0 radical (unpaired) electrons. The van der Waals surface area contributed by atoms with E-state index in [4.69, 9.17) is 0 Å². The Labute approximate surface area is 78.8 Å². The number of carbonyl (C=O) groups excluding carboxylic acids is 1. The van der Waals surface area contributed by atoms with Gasteiger partial charge in [0.2, 0.25) is 0 Å². The third-order valence-electron chi connectivity index (χ3n) is 2.82. The Hall–Kier alpha value is -1.11. The Morgan fingerprint density at radius 2 is 2.00 bits per heavy atom. The Kier molecular flexibility index (Phi) is 2.44. The van der Waals surface area contributed by atoms with E-state index in [0.29, 0.717) is 11.7 Å². The van der Waals surface area contributed by atoms with Gasteiger partial charge in [-0.15, -0.1) is 0 Å². The molecule has 0 bridgehead atoms. The quantitative estimate of drug-likeness (QED) is 0.688. The molecule has 1 aliphatic rings. The molecule has 1 aliphatic carbocycles. The van der Waals surface area contributed by atoms with Crippen LogP contribution in [-0.2, 0) is 11.2 Å². The molecular formula is C12H14O. The van der Waals surface area contributed by atoms with Gasteiger partial charge in [0.25, 0.3) is 0 Å². The van der Waals surface area contributed by atoms with Crippen LogP contribution in [0.25, 0.3) is 0 Å². The fraction of sp³-hybridized carbons (Fsp3) is 0.417. The predicted octanol–water partition coefficient (Wildman–Crippen LogP) is 2.60. The van der Waals surface area contributed by atoms with Gasteiger partial charge in [-0.2, -0.15) is 0 Å². The summed E-state index contributed by atoms with van der Waals surface area (Å²) >= 11 is 0. The van der Waals surface area contributed by atoms with E-state index in [1.165, 1.54) is 5.56 Å². The molecule has 13 heavy (non-hydrogen) atoms. The highest BCUT2D eigenvalue weighted by molar-refractivity contribution is 5.86. The first-order chi connectivity index (χ1) is 6.36. The molecule has 1 fully saturated rings. The van der Waals surface area contributed by atoms with Gasteiger partial charge in [0, 0.05) is 12.3 Å². The summed E-state index contributed by atoms with van der Waals surface area (Å²) in [4.78, 5) is 11.1. The average molecular weight is 174 g/mol. The summed E-state index contributed by atoms with van der Waals surface area (Å²) in [7, 11) is 0. The maximum Gasteiger partial charge on any atom is 0.136 e. The molecule has 0 spiro atoms. The molecule has 0 N–H and O–H groups in total. The highest BCUT2D eigenvalue weighted by Crippen LogP contribution is 2.26. The average Bonchev–Trinajstić information content (AvgIpc) is 2.17. The largest absolute Gasteiger partial charge is 0.299 e. The first-order valence-corrected chi connectivity index (χ1v) is 4.93. The summed E-state index contributed by atoms with van der Waals surface area (Å²) in [5.74, 6) is 0.844. The highest BCUT2D eigenvalue weighted by Gasteiger charge is 2.26. The minimum absolute atomic E-state index is 0.375. The van der Waals surface area contributed by atoms with Crippen molar-refractivity contribution in [1.29, 1.82) is 0 Å². The Balaban J connectivity index is 1.83. The second-order valence-corrected chi connectivity index (χ2v) is 3.73. The molecule has 68 valence electrons. The molecule has 0 aliphatic heterocycles. The van der Waals surface area contributed by atoms with E-state index in [1.807, 2.05) is 6.07 Å². The lowest BCUT2D eigenvalue weighted by molar-refractivity contribution is -0.129. The molecule has 1 saturated carbocycles. The van der Waals surface area contributed by atoms with Gasteiger partial charge in [-0.25, -0.2) is 0 Å². The molecule has 2 rings (SSSR count). The van der Waals surface area contributed by atoms with E-state index in [0.717, 1.165) is 25.7 Å². The first-order valence-electron chi connectivity index (χ1n) is 4.93. The van der Waals surface area contributed by atoms with Crippen molar-refractivity contribution in [2.24, 2.45) is 5.92 Å². The summed E-state index contributed by atoms with van der Waals surface area (Å²) in [6, 6.07) is 10.4. The molecule has 0 aromatic heterocycles. The molecule has 1 aromatic rings. The summed E-state index contributed by atoms with van der Waals surface area (Å²) in [5, 5.41) is 0. The minimum atomic E-state index is 0.375. The number of benzene rings is 1. The van der Waals surface area contributed by atoms with Gasteiger partial charge >= 0.3 is 0 Å². The number of carbonyl (C=O) groups is 1. The van der Waals surface area contributed by atoms with Crippen molar-refractivity contribution in [3.05, 3.63) is 35.9 Å². The second kappa shape index (κ2) is 3.73. The molecule has 0 heterocycles. The van der Waals surface area contributed by atoms with Crippen LogP contribution in [0.4, 0.5) is 0 Å². The molecular weight excluding hydrogens is 160 g/mol. The van der Waals surface area contributed by atoms with E-state index in [-0.39, 0.29) is 0 Å². The third kappa shape index (κ3) is 1.97. The van der Waals surface area contributed by atoms with Crippen molar-refractivity contribution >= 4 is 5.78 Å². The minimum Gasteiger partial charge on any atom is -0.299 e. The van der Waals surface area contributed by atoms with Crippen molar-refractivity contribution in [3.63, 3.8) is 0 Å². The van der Waals surface area contributed by atoms with Crippen molar-refractivity contribution in [2.45, 2.75) is 25.7 Å². The van der Waals surface area contributed by atoms with Crippen LogP contribution in [0.1, 0.15) is 24.8 Å². The summed E-state index contributed by atoms with van der Waals surface area (Å²) in [6.45, 7) is 0. The van der Waals surface area contributed by atoms with E-state index in [2.05, 4.69) is 24.3 Å². The molecule has 0 saturated heterocycles. The maximum absolute atomic E-state index is 11.1. The van der Waals surface area contributed by atoms with Gasteiger partial charge in [0.05, 0.1) is 0 Å². The highest BCUT2D eigenvalue weighted by atomic mass is 16.1. The molecule has 1 atom stereocenters. The SMILES string of the molecule is O=C1CC[C@H]1CCc1ccccc1. The lowest BCUT2D eigenvalue weighted by Gasteiger charge is -2.23. The monoisotopic (exact) mass is 174 g/mol. The number of hydrogen-bond acceptors (Lipinski definition) is 1. The van der Waals surface area contributed by atoms with Gasteiger partial charge in [-0.1, -0.05) is 30.3 Å². The summed E-state index contributed by atoms with van der Waals surface area (Å²) in [5.41, 5.74) is 1.35. The van der Waals surface area contributed by atoms with Gasteiger partial charge < -0.3 is 0 Å². The van der Waals surface area contributed by atoms with Gasteiger partial charge in [0.15, 0.2) is 0 Å². The topological polar surface area (TPSA) is 17.1 Å². The van der Waals surface area contributed by atoms with Gasteiger partial charge in [0.1, 0.15) is 5.78 Å². The van der Waals surface area contributed by atoms with Crippen molar-refractivity contribution in [3.8, 4) is 0 Å². The van der Waals surface area contributed by atoms with E-state index < -0.39 is 0 Å². The van der Waals surface area contributed by atoms with Crippen molar-refractivity contribution in [1.82, 2.24) is 0 Å². The van der Waals surface area contributed by atoms with Crippen LogP contribution >= 0.6 is 0 Å². The summed E-state index contributed by atoms with van der Waals surface area (Å²) in [6.07, 6.45) is 4.03. The number of hydrogen-bond donors (Lipinski definition) is 0. The molecule has 0 unspecified atom stereocenters. The Bertz CT molecular complexity index is 289. The van der Waals surface area contributed by atoms with Crippen LogP contribution in [0.2, 0.25) is 0 Å². The van der Waals surface area contributed by atoms with Crippen LogP contribution in [0, 0.1) is 5.92 Å². The zero-order valence-electron chi connectivity index (χ0n) is 7.70.